The van der Waals surface area contributed by atoms with E-state index < -0.39 is 11.7 Å². The van der Waals surface area contributed by atoms with Crippen LogP contribution >= 0.6 is 11.6 Å². The summed E-state index contributed by atoms with van der Waals surface area (Å²) in [5, 5.41) is 3.30. The molecule has 2 aliphatic rings. The maximum atomic E-state index is 14.1. The Hall–Kier alpha value is -2.47. The zero-order valence-corrected chi connectivity index (χ0v) is 16.1. The van der Waals surface area contributed by atoms with Crippen LogP contribution in [0.2, 0.25) is 5.02 Å². The highest BCUT2D eigenvalue weighted by Gasteiger charge is 2.54. The molecule has 1 atom stereocenters. The van der Waals surface area contributed by atoms with E-state index in [9.17, 15) is 14.0 Å². The molecule has 2 fully saturated rings. The number of halogens is 2. The van der Waals surface area contributed by atoms with E-state index in [1.165, 1.54) is 18.2 Å². The quantitative estimate of drug-likeness (QED) is 0.853. The fraction of sp³-hybridized carbons (Fsp3) is 0.381. The van der Waals surface area contributed by atoms with Crippen molar-refractivity contribution in [1.82, 2.24) is 15.2 Å². The van der Waals surface area contributed by atoms with Gasteiger partial charge in [0.05, 0.1) is 11.5 Å². The van der Waals surface area contributed by atoms with Gasteiger partial charge in [0.1, 0.15) is 5.82 Å². The van der Waals surface area contributed by atoms with Gasteiger partial charge in [-0.1, -0.05) is 18.0 Å². The van der Waals surface area contributed by atoms with Gasteiger partial charge in [-0.15, -0.1) is 0 Å². The van der Waals surface area contributed by atoms with Gasteiger partial charge in [-0.3, -0.25) is 14.6 Å². The van der Waals surface area contributed by atoms with Crippen molar-refractivity contribution in [3.05, 3.63) is 64.7 Å². The maximum Gasteiger partial charge on any atom is 0.256 e. The molecule has 1 saturated heterocycles. The molecular weight excluding hydrogens is 381 g/mol. The fourth-order valence-electron chi connectivity index (χ4n) is 4.27. The van der Waals surface area contributed by atoms with E-state index in [4.69, 9.17) is 11.6 Å². The lowest BCUT2D eigenvalue weighted by atomic mass is 9.62. The molecule has 2 aromatic rings. The summed E-state index contributed by atoms with van der Waals surface area (Å²) in [4.78, 5) is 31.3. The first-order valence-corrected chi connectivity index (χ1v) is 9.77. The molecule has 146 valence electrons. The van der Waals surface area contributed by atoms with Crippen LogP contribution in [0.5, 0.6) is 0 Å². The lowest BCUT2D eigenvalue weighted by Gasteiger charge is -2.41. The van der Waals surface area contributed by atoms with Crippen LogP contribution in [0.25, 0.3) is 0 Å². The largest absolute Gasteiger partial charge is 0.352 e. The highest BCUT2D eigenvalue weighted by atomic mass is 35.5. The lowest BCUT2D eigenvalue weighted by molar-refractivity contribution is -0.129. The standard InChI is InChI=1S/C21H21ClFN3O2/c22-15-2-3-18(23)16(10-15)20(28)26-12-17(21(13-26)6-1-7-21)19(27)25-11-14-4-8-24-9-5-14/h2-5,8-10,17H,1,6-7,11-13H2,(H,25,27). The average molecular weight is 402 g/mol. The van der Waals surface area contributed by atoms with E-state index in [0.29, 0.717) is 24.7 Å². The molecule has 2 amide bonds. The number of carbonyl (C=O) groups is 2. The summed E-state index contributed by atoms with van der Waals surface area (Å²) in [6.45, 7) is 1.20. The highest BCUT2D eigenvalue weighted by Crippen LogP contribution is 2.52. The molecular formula is C21H21ClFN3O2. The second-order valence-corrected chi connectivity index (χ2v) is 8.09. The van der Waals surface area contributed by atoms with E-state index in [2.05, 4.69) is 10.3 Å². The number of aromatic nitrogens is 1. The van der Waals surface area contributed by atoms with Gasteiger partial charge in [0, 0.05) is 42.5 Å². The molecule has 2 heterocycles. The first-order chi connectivity index (χ1) is 13.5. The Kier molecular flexibility index (Phi) is 5.06. The summed E-state index contributed by atoms with van der Waals surface area (Å²) < 4.78 is 14.1. The molecule has 28 heavy (non-hydrogen) atoms. The molecule has 5 nitrogen and oxygen atoms in total. The van der Waals surface area contributed by atoms with Gasteiger partial charge >= 0.3 is 0 Å². The van der Waals surface area contributed by atoms with Gasteiger partial charge in [-0.25, -0.2) is 4.39 Å². The predicted octanol–water partition coefficient (Wildman–Crippen LogP) is 3.43. The van der Waals surface area contributed by atoms with Crippen molar-refractivity contribution in [1.29, 1.82) is 0 Å². The van der Waals surface area contributed by atoms with Gasteiger partial charge < -0.3 is 10.2 Å². The number of rotatable bonds is 4. The van der Waals surface area contributed by atoms with Crippen molar-refractivity contribution in [3.63, 3.8) is 0 Å². The number of hydrogen-bond acceptors (Lipinski definition) is 3. The highest BCUT2D eigenvalue weighted by molar-refractivity contribution is 6.31. The Labute approximate surface area is 167 Å². The molecule has 1 aromatic heterocycles. The maximum absolute atomic E-state index is 14.1. The Balaban J connectivity index is 1.48. The number of likely N-dealkylation sites (tertiary alicyclic amines) is 1. The number of nitrogens with one attached hydrogen (secondary N) is 1. The number of carbonyl (C=O) groups excluding carboxylic acids is 2. The topological polar surface area (TPSA) is 62.3 Å². The Morgan fingerprint density at radius 2 is 2.00 bits per heavy atom. The van der Waals surface area contributed by atoms with Crippen molar-refractivity contribution in [2.45, 2.75) is 25.8 Å². The number of benzene rings is 1. The van der Waals surface area contributed by atoms with Crippen LogP contribution in [-0.4, -0.2) is 34.8 Å². The van der Waals surface area contributed by atoms with Crippen LogP contribution in [0, 0.1) is 17.2 Å². The summed E-state index contributed by atoms with van der Waals surface area (Å²) in [6, 6.07) is 7.67. The van der Waals surface area contributed by atoms with Gasteiger partial charge in [-0.05, 0) is 48.7 Å². The van der Waals surface area contributed by atoms with Crippen molar-refractivity contribution in [2.24, 2.45) is 11.3 Å². The molecule has 1 N–H and O–H groups in total. The molecule has 1 aliphatic heterocycles. The monoisotopic (exact) mass is 401 g/mol. The summed E-state index contributed by atoms with van der Waals surface area (Å²) in [5.41, 5.74) is 0.727. The molecule has 1 aromatic carbocycles. The first-order valence-electron chi connectivity index (χ1n) is 9.39. The second kappa shape index (κ2) is 7.51. The van der Waals surface area contributed by atoms with Crippen molar-refractivity contribution in [3.8, 4) is 0 Å². The Morgan fingerprint density at radius 1 is 1.25 bits per heavy atom. The predicted molar refractivity (Wildman–Crippen MR) is 103 cm³/mol. The van der Waals surface area contributed by atoms with Crippen LogP contribution in [0.3, 0.4) is 0 Å². The van der Waals surface area contributed by atoms with Gasteiger partial charge in [0.15, 0.2) is 0 Å². The van der Waals surface area contributed by atoms with E-state index in [0.717, 1.165) is 24.8 Å². The van der Waals surface area contributed by atoms with E-state index in [1.807, 2.05) is 12.1 Å². The van der Waals surface area contributed by atoms with Gasteiger partial charge in [0.25, 0.3) is 5.91 Å². The van der Waals surface area contributed by atoms with E-state index in [1.54, 1.807) is 17.3 Å². The zero-order valence-electron chi connectivity index (χ0n) is 15.3. The van der Waals surface area contributed by atoms with E-state index in [-0.39, 0.29) is 22.8 Å². The average Bonchev–Trinajstić information content (AvgIpc) is 3.10. The minimum absolute atomic E-state index is 0.0418. The van der Waals surface area contributed by atoms with Gasteiger partial charge in [0.2, 0.25) is 5.91 Å². The minimum atomic E-state index is -0.595. The third kappa shape index (κ3) is 3.49. The van der Waals surface area contributed by atoms with E-state index >= 15 is 0 Å². The van der Waals surface area contributed by atoms with Crippen molar-refractivity contribution < 1.29 is 14.0 Å². The SMILES string of the molecule is O=C(NCc1ccncc1)C1CN(C(=O)c2cc(Cl)ccc2F)CC12CCC2. The van der Waals surface area contributed by atoms with Gasteiger partial charge in [-0.2, -0.15) is 0 Å². The number of nitrogens with zero attached hydrogens (tertiary/aromatic N) is 2. The molecule has 1 saturated carbocycles. The second-order valence-electron chi connectivity index (χ2n) is 7.65. The normalized spacial score (nSPS) is 20.1. The third-order valence-electron chi connectivity index (χ3n) is 5.98. The summed E-state index contributed by atoms with van der Waals surface area (Å²) >= 11 is 5.93. The Morgan fingerprint density at radius 3 is 2.68 bits per heavy atom. The van der Waals surface area contributed by atoms with Crippen LogP contribution in [0.15, 0.2) is 42.7 Å². The lowest BCUT2D eigenvalue weighted by Crippen LogP contribution is -2.45. The Bertz CT molecular complexity index is 902. The fourth-order valence-corrected chi connectivity index (χ4v) is 4.44. The number of amides is 2. The van der Waals surface area contributed by atoms with Crippen LogP contribution < -0.4 is 5.32 Å². The van der Waals surface area contributed by atoms with Crippen LogP contribution in [0.1, 0.15) is 35.2 Å². The van der Waals surface area contributed by atoms with Crippen LogP contribution in [-0.2, 0) is 11.3 Å². The van der Waals surface area contributed by atoms with Crippen LogP contribution in [0.4, 0.5) is 4.39 Å². The van der Waals surface area contributed by atoms with Crippen molar-refractivity contribution >= 4 is 23.4 Å². The molecule has 1 aliphatic carbocycles. The smallest absolute Gasteiger partial charge is 0.256 e. The minimum Gasteiger partial charge on any atom is -0.352 e. The first kappa shape index (κ1) is 18.9. The summed E-state index contributed by atoms with van der Waals surface area (Å²) in [7, 11) is 0. The molecule has 7 heteroatoms. The number of pyridine rings is 1. The third-order valence-corrected chi connectivity index (χ3v) is 6.21. The summed E-state index contributed by atoms with van der Waals surface area (Å²) in [5.74, 6) is -1.34. The number of hydrogen-bond donors (Lipinski definition) is 1. The molecule has 0 bridgehead atoms. The van der Waals surface area contributed by atoms with Crippen molar-refractivity contribution in [2.75, 3.05) is 13.1 Å². The molecule has 1 spiro atoms. The zero-order chi connectivity index (χ0) is 19.7. The molecule has 1 unspecified atom stereocenters. The molecule has 0 radical (unpaired) electrons. The molecule has 4 rings (SSSR count). The summed E-state index contributed by atoms with van der Waals surface area (Å²) in [6.07, 6.45) is 6.22.